The minimum Gasteiger partial charge on any atom is -0.497 e. The van der Waals surface area contributed by atoms with Crippen molar-refractivity contribution in [3.05, 3.63) is 53.6 Å². The summed E-state index contributed by atoms with van der Waals surface area (Å²) < 4.78 is 15.7. The highest BCUT2D eigenvalue weighted by Gasteiger charge is 2.40. The second-order valence-electron chi connectivity index (χ2n) is 7.26. The van der Waals surface area contributed by atoms with Crippen LogP contribution in [0.15, 0.2) is 42.5 Å². The maximum atomic E-state index is 12.7. The van der Waals surface area contributed by atoms with Crippen LogP contribution in [-0.2, 0) is 22.4 Å². The second-order valence-corrected chi connectivity index (χ2v) is 7.26. The summed E-state index contributed by atoms with van der Waals surface area (Å²) in [6.45, 7) is 1.12. The Labute approximate surface area is 176 Å². The normalized spacial score (nSPS) is 16.1. The molecule has 2 aromatic rings. The zero-order valence-electron chi connectivity index (χ0n) is 17.7. The van der Waals surface area contributed by atoms with Crippen LogP contribution in [-0.4, -0.2) is 57.2 Å². The second kappa shape index (κ2) is 10.1. The fraction of sp³-hybridized carbons (Fsp3) is 0.391. The standard InChI is InChI=1S/C23H28N2O5/c1-28-18-7-4-16(5-8-18)10-12-24-19-15-22(26)25(23(19)27)13-11-17-6-9-20(29-2)21(14-17)30-3/h4-9,14,19,24H,10-13,15H2,1-3H3/p+1/t19-/m0/s1. The number of imide groups is 1. The molecule has 2 aromatic carbocycles. The van der Waals surface area contributed by atoms with Gasteiger partial charge in [-0.25, -0.2) is 0 Å². The van der Waals surface area contributed by atoms with Gasteiger partial charge in [-0.15, -0.1) is 0 Å². The summed E-state index contributed by atoms with van der Waals surface area (Å²) in [5, 5.41) is 1.97. The monoisotopic (exact) mass is 413 g/mol. The lowest BCUT2D eigenvalue weighted by Gasteiger charge is -2.15. The van der Waals surface area contributed by atoms with Gasteiger partial charge in [-0.3, -0.25) is 14.5 Å². The SMILES string of the molecule is COc1ccc(CC[NH2+][C@H]2CC(=O)N(CCc3ccc(OC)c(OC)c3)C2=O)cc1. The van der Waals surface area contributed by atoms with Crippen molar-refractivity contribution in [2.24, 2.45) is 0 Å². The molecule has 0 bridgehead atoms. The molecule has 1 saturated heterocycles. The van der Waals surface area contributed by atoms with Crippen molar-refractivity contribution >= 4 is 11.8 Å². The summed E-state index contributed by atoms with van der Waals surface area (Å²) in [5.41, 5.74) is 2.16. The van der Waals surface area contributed by atoms with Crippen LogP contribution in [0.1, 0.15) is 17.5 Å². The summed E-state index contributed by atoms with van der Waals surface area (Å²) in [6, 6.07) is 13.2. The van der Waals surface area contributed by atoms with Crippen molar-refractivity contribution in [3.63, 3.8) is 0 Å². The molecule has 0 aromatic heterocycles. The Morgan fingerprint density at radius 3 is 2.27 bits per heavy atom. The predicted octanol–water partition coefficient (Wildman–Crippen LogP) is 1.19. The summed E-state index contributed by atoms with van der Waals surface area (Å²) >= 11 is 0. The van der Waals surface area contributed by atoms with E-state index >= 15 is 0 Å². The fourth-order valence-electron chi connectivity index (χ4n) is 3.65. The van der Waals surface area contributed by atoms with Gasteiger partial charge in [0.2, 0.25) is 5.91 Å². The van der Waals surface area contributed by atoms with Crippen LogP contribution in [0.5, 0.6) is 17.2 Å². The minimum atomic E-state index is -0.332. The molecule has 7 nitrogen and oxygen atoms in total. The Morgan fingerprint density at radius 1 is 0.900 bits per heavy atom. The number of hydrogen-bond donors (Lipinski definition) is 1. The number of methoxy groups -OCH3 is 3. The van der Waals surface area contributed by atoms with Gasteiger partial charge >= 0.3 is 0 Å². The van der Waals surface area contributed by atoms with E-state index in [1.165, 1.54) is 10.5 Å². The molecular weight excluding hydrogens is 384 g/mol. The highest BCUT2D eigenvalue weighted by molar-refractivity contribution is 6.04. The van der Waals surface area contributed by atoms with E-state index in [4.69, 9.17) is 14.2 Å². The minimum absolute atomic E-state index is 0.102. The smallest absolute Gasteiger partial charge is 0.287 e. The predicted molar refractivity (Wildman–Crippen MR) is 112 cm³/mol. The van der Waals surface area contributed by atoms with E-state index < -0.39 is 0 Å². The zero-order chi connectivity index (χ0) is 21.5. The number of carbonyl (C=O) groups excluding carboxylic acids is 2. The van der Waals surface area contributed by atoms with Gasteiger partial charge in [-0.2, -0.15) is 0 Å². The molecule has 1 aliphatic heterocycles. The molecule has 0 aliphatic carbocycles. The molecule has 2 N–H and O–H groups in total. The van der Waals surface area contributed by atoms with Gasteiger partial charge in [0.05, 0.1) is 34.3 Å². The molecule has 2 amide bonds. The van der Waals surface area contributed by atoms with Crippen LogP contribution in [0.3, 0.4) is 0 Å². The Bertz CT molecular complexity index is 882. The number of likely N-dealkylation sites (tertiary alicyclic amines) is 1. The van der Waals surface area contributed by atoms with Gasteiger partial charge in [0.1, 0.15) is 5.75 Å². The lowest BCUT2D eigenvalue weighted by Crippen LogP contribution is -2.92. The molecular formula is C23H29N2O5+. The van der Waals surface area contributed by atoms with Crippen LogP contribution in [0.25, 0.3) is 0 Å². The number of carbonyl (C=O) groups is 2. The number of nitrogens with zero attached hydrogens (tertiary/aromatic N) is 1. The Morgan fingerprint density at radius 2 is 1.60 bits per heavy atom. The van der Waals surface area contributed by atoms with E-state index in [-0.39, 0.29) is 24.3 Å². The third-order valence-corrected chi connectivity index (χ3v) is 5.39. The van der Waals surface area contributed by atoms with Gasteiger partial charge < -0.3 is 19.5 Å². The summed E-state index contributed by atoms with van der Waals surface area (Å²) in [4.78, 5) is 26.4. The summed E-state index contributed by atoms with van der Waals surface area (Å²) in [6.07, 6.45) is 1.66. The molecule has 0 saturated carbocycles. The topological polar surface area (TPSA) is 81.7 Å². The number of ether oxygens (including phenoxy) is 3. The highest BCUT2D eigenvalue weighted by Crippen LogP contribution is 2.28. The molecule has 1 aliphatic rings. The van der Waals surface area contributed by atoms with Crippen molar-refractivity contribution in [2.75, 3.05) is 34.4 Å². The van der Waals surface area contributed by atoms with Crippen molar-refractivity contribution in [3.8, 4) is 17.2 Å². The Balaban J connectivity index is 1.50. The first kappa shape index (κ1) is 21.6. The van der Waals surface area contributed by atoms with Crippen LogP contribution >= 0.6 is 0 Å². The molecule has 0 radical (unpaired) electrons. The molecule has 0 unspecified atom stereocenters. The summed E-state index contributed by atoms with van der Waals surface area (Å²) in [5.74, 6) is 1.91. The maximum Gasteiger partial charge on any atom is 0.287 e. The number of benzene rings is 2. The molecule has 1 fully saturated rings. The molecule has 3 rings (SSSR count). The fourth-order valence-corrected chi connectivity index (χ4v) is 3.65. The highest BCUT2D eigenvalue weighted by atomic mass is 16.5. The van der Waals surface area contributed by atoms with Gasteiger partial charge in [-0.1, -0.05) is 18.2 Å². The molecule has 30 heavy (non-hydrogen) atoms. The first-order valence-corrected chi connectivity index (χ1v) is 10.1. The first-order chi connectivity index (χ1) is 14.5. The third-order valence-electron chi connectivity index (χ3n) is 5.39. The number of hydrogen-bond acceptors (Lipinski definition) is 5. The van der Waals surface area contributed by atoms with Gasteiger partial charge in [0.15, 0.2) is 17.5 Å². The van der Waals surface area contributed by atoms with Gasteiger partial charge in [-0.05, 0) is 41.8 Å². The quantitative estimate of drug-likeness (QED) is 0.592. The van der Waals surface area contributed by atoms with E-state index in [2.05, 4.69) is 0 Å². The van der Waals surface area contributed by atoms with Crippen molar-refractivity contribution in [2.45, 2.75) is 25.3 Å². The Kier molecular flexibility index (Phi) is 7.30. The summed E-state index contributed by atoms with van der Waals surface area (Å²) in [7, 11) is 4.81. The van der Waals surface area contributed by atoms with Crippen molar-refractivity contribution in [1.82, 2.24) is 4.90 Å². The van der Waals surface area contributed by atoms with Crippen molar-refractivity contribution < 1.29 is 29.1 Å². The first-order valence-electron chi connectivity index (χ1n) is 10.1. The van der Waals surface area contributed by atoms with Crippen LogP contribution < -0.4 is 19.5 Å². The molecule has 7 heteroatoms. The molecule has 160 valence electrons. The van der Waals surface area contributed by atoms with E-state index in [1.807, 2.05) is 47.8 Å². The lowest BCUT2D eigenvalue weighted by atomic mass is 10.1. The van der Waals surface area contributed by atoms with Gasteiger partial charge in [0.25, 0.3) is 5.91 Å². The number of nitrogens with two attached hydrogens (primary N) is 1. The van der Waals surface area contributed by atoms with Crippen LogP contribution in [0.2, 0.25) is 0 Å². The largest absolute Gasteiger partial charge is 0.497 e. The van der Waals surface area contributed by atoms with Gasteiger partial charge in [0, 0.05) is 13.0 Å². The average molecular weight is 413 g/mol. The number of rotatable bonds is 10. The van der Waals surface area contributed by atoms with E-state index in [9.17, 15) is 9.59 Å². The average Bonchev–Trinajstić information content (AvgIpc) is 3.05. The van der Waals surface area contributed by atoms with E-state index in [1.54, 1.807) is 21.3 Å². The van der Waals surface area contributed by atoms with Crippen LogP contribution in [0, 0.1) is 0 Å². The zero-order valence-corrected chi connectivity index (χ0v) is 17.7. The maximum absolute atomic E-state index is 12.7. The van der Waals surface area contributed by atoms with Crippen molar-refractivity contribution in [1.29, 1.82) is 0 Å². The molecule has 1 heterocycles. The third kappa shape index (κ3) is 5.10. The Hall–Kier alpha value is -3.06. The number of amides is 2. The number of quaternary nitrogens is 1. The van der Waals surface area contributed by atoms with E-state index in [0.717, 1.165) is 24.3 Å². The van der Waals surface area contributed by atoms with Crippen LogP contribution in [0.4, 0.5) is 0 Å². The molecule has 0 spiro atoms. The van der Waals surface area contributed by atoms with E-state index in [0.29, 0.717) is 24.5 Å². The lowest BCUT2D eigenvalue weighted by molar-refractivity contribution is -0.674. The molecule has 1 atom stereocenters.